The van der Waals surface area contributed by atoms with E-state index in [1.807, 2.05) is 12.1 Å². The first-order chi connectivity index (χ1) is 11.2. The largest absolute Gasteiger partial charge is 0.341 e. The summed E-state index contributed by atoms with van der Waals surface area (Å²) in [7, 11) is 1.72. The van der Waals surface area contributed by atoms with Crippen LogP contribution in [0.1, 0.15) is 19.4 Å². The Labute approximate surface area is 146 Å². The number of likely N-dealkylation sites (N-methyl/N-ethyl adjacent to an activating group) is 1. The van der Waals surface area contributed by atoms with Gasteiger partial charge in [-0.2, -0.15) is 5.26 Å². The van der Waals surface area contributed by atoms with Gasteiger partial charge in [0.15, 0.2) is 5.78 Å². The average Bonchev–Trinajstić information content (AvgIpc) is 2.55. The van der Waals surface area contributed by atoms with E-state index in [0.717, 1.165) is 5.57 Å². The van der Waals surface area contributed by atoms with Crippen molar-refractivity contribution in [3.05, 3.63) is 58.1 Å². The van der Waals surface area contributed by atoms with E-state index in [9.17, 15) is 14.9 Å². The van der Waals surface area contributed by atoms with Gasteiger partial charge in [0.1, 0.15) is 11.5 Å². The smallest absolute Gasteiger partial charge is 0.241 e. The lowest BCUT2D eigenvalue weighted by molar-refractivity contribution is -0.134. The van der Waals surface area contributed by atoms with Crippen LogP contribution in [-0.2, 0) is 15.0 Å². The summed E-state index contributed by atoms with van der Waals surface area (Å²) in [6, 6.07) is 8.97. The van der Waals surface area contributed by atoms with E-state index in [4.69, 9.17) is 11.6 Å². The highest BCUT2D eigenvalue weighted by atomic mass is 35.5. The fourth-order valence-electron chi connectivity index (χ4n) is 3.68. The second-order valence-electron chi connectivity index (χ2n) is 6.74. The summed E-state index contributed by atoms with van der Waals surface area (Å²) in [5.41, 5.74) is -0.598. The first-order valence-electron chi connectivity index (χ1n) is 7.65. The third-order valence-corrected chi connectivity index (χ3v) is 5.20. The van der Waals surface area contributed by atoms with Crippen LogP contribution in [0.25, 0.3) is 0 Å². The normalized spacial score (nSPS) is 25.5. The van der Waals surface area contributed by atoms with Gasteiger partial charge in [-0.1, -0.05) is 29.8 Å². The van der Waals surface area contributed by atoms with Crippen molar-refractivity contribution in [2.24, 2.45) is 5.41 Å². The summed E-state index contributed by atoms with van der Waals surface area (Å²) < 4.78 is 0. The summed E-state index contributed by atoms with van der Waals surface area (Å²) in [6.07, 6.45) is 3.45. The Hall–Kier alpha value is -2.38. The van der Waals surface area contributed by atoms with Crippen LogP contribution >= 0.6 is 11.6 Å². The molecular weight excluding hydrogens is 324 g/mol. The number of carbonyl (C=O) groups excluding carboxylic acids is 2. The number of amides is 1. The van der Waals surface area contributed by atoms with E-state index in [1.165, 1.54) is 6.08 Å². The molecule has 1 amide bonds. The van der Waals surface area contributed by atoms with Gasteiger partial charge in [0.25, 0.3) is 0 Å². The molecule has 1 aliphatic carbocycles. The zero-order chi connectivity index (χ0) is 17.7. The van der Waals surface area contributed by atoms with Crippen LogP contribution < -0.4 is 0 Å². The first-order valence-corrected chi connectivity index (χ1v) is 8.03. The van der Waals surface area contributed by atoms with E-state index in [2.05, 4.69) is 0 Å². The van der Waals surface area contributed by atoms with Gasteiger partial charge in [-0.25, -0.2) is 0 Å². The summed E-state index contributed by atoms with van der Waals surface area (Å²) in [5, 5.41) is 10.00. The van der Waals surface area contributed by atoms with Crippen molar-refractivity contribution in [2.45, 2.75) is 19.3 Å². The van der Waals surface area contributed by atoms with Crippen LogP contribution in [0.5, 0.6) is 0 Å². The molecule has 24 heavy (non-hydrogen) atoms. The predicted octanol–water partition coefficient (Wildman–Crippen LogP) is 3.04. The van der Waals surface area contributed by atoms with Gasteiger partial charge in [0, 0.05) is 18.6 Å². The van der Waals surface area contributed by atoms with Gasteiger partial charge in [-0.3, -0.25) is 9.59 Å². The summed E-state index contributed by atoms with van der Waals surface area (Å²) in [6.45, 7) is 3.99. The average molecular weight is 341 g/mol. The third-order valence-electron chi connectivity index (χ3n) is 4.94. The second kappa shape index (κ2) is 5.32. The molecule has 1 atom stereocenters. The van der Waals surface area contributed by atoms with Crippen molar-refractivity contribution >= 4 is 23.3 Å². The molecule has 4 nitrogen and oxygen atoms in total. The number of hydrogen-bond donors (Lipinski definition) is 0. The SMILES string of the molecule is CN1CC=C2C(C)(C)C(=O)C(C#N)=C[C@]2(c2ccc(Cl)cc2)C1=O. The molecule has 1 aromatic rings. The molecule has 3 rings (SSSR count). The third kappa shape index (κ3) is 2.05. The van der Waals surface area contributed by atoms with Crippen LogP contribution in [-0.4, -0.2) is 30.2 Å². The van der Waals surface area contributed by atoms with Crippen molar-refractivity contribution in [1.82, 2.24) is 4.90 Å². The number of Topliss-reactive ketones (excluding diaryl/α,β-unsaturated/α-hetero) is 1. The van der Waals surface area contributed by atoms with Crippen molar-refractivity contribution < 1.29 is 9.59 Å². The van der Waals surface area contributed by atoms with E-state index < -0.39 is 10.8 Å². The lowest BCUT2D eigenvalue weighted by Gasteiger charge is -2.47. The van der Waals surface area contributed by atoms with E-state index in [1.54, 1.807) is 50.1 Å². The van der Waals surface area contributed by atoms with Gasteiger partial charge < -0.3 is 4.90 Å². The monoisotopic (exact) mass is 340 g/mol. The Morgan fingerprint density at radius 1 is 1.21 bits per heavy atom. The molecule has 1 aliphatic heterocycles. The first kappa shape index (κ1) is 16.5. The number of benzene rings is 1. The van der Waals surface area contributed by atoms with Crippen LogP contribution in [0.2, 0.25) is 5.02 Å². The zero-order valence-electron chi connectivity index (χ0n) is 13.8. The Kier molecular flexibility index (Phi) is 3.65. The number of ketones is 1. The standard InChI is InChI=1S/C19H17ClN2O2/c1-18(2)15-8-9-22(3)17(24)19(15,10-12(11-21)16(18)23)13-4-6-14(20)7-5-13/h4-8,10H,9H2,1-3H3/t19-/m1/s1. The number of allylic oxidation sites excluding steroid dienone is 1. The number of carbonyl (C=O) groups is 2. The molecule has 5 heteroatoms. The summed E-state index contributed by atoms with van der Waals surface area (Å²) in [5.74, 6) is -0.395. The number of halogens is 1. The molecule has 0 aromatic heterocycles. The Balaban J connectivity index is 2.40. The molecule has 122 valence electrons. The predicted molar refractivity (Wildman–Crippen MR) is 91.3 cm³/mol. The van der Waals surface area contributed by atoms with Gasteiger partial charge >= 0.3 is 0 Å². The maximum Gasteiger partial charge on any atom is 0.241 e. The van der Waals surface area contributed by atoms with Crippen LogP contribution in [0, 0.1) is 16.7 Å². The fraction of sp³-hybridized carbons (Fsp3) is 0.316. The topological polar surface area (TPSA) is 61.2 Å². The molecular formula is C19H17ClN2O2. The molecule has 2 aliphatic rings. The number of nitrogens with zero attached hydrogens (tertiary/aromatic N) is 2. The van der Waals surface area contributed by atoms with Gasteiger partial charge in [-0.15, -0.1) is 0 Å². The van der Waals surface area contributed by atoms with Gasteiger partial charge in [-0.05, 0) is 43.2 Å². The zero-order valence-corrected chi connectivity index (χ0v) is 14.5. The second-order valence-corrected chi connectivity index (χ2v) is 7.18. The Bertz CT molecular complexity index is 843. The minimum absolute atomic E-state index is 0.0238. The molecule has 0 bridgehead atoms. The van der Waals surface area contributed by atoms with Crippen LogP contribution in [0.3, 0.4) is 0 Å². The Morgan fingerprint density at radius 2 is 1.83 bits per heavy atom. The van der Waals surface area contributed by atoms with Crippen molar-refractivity contribution in [3.8, 4) is 6.07 Å². The van der Waals surface area contributed by atoms with Crippen LogP contribution in [0.4, 0.5) is 0 Å². The van der Waals surface area contributed by atoms with E-state index in [-0.39, 0.29) is 17.3 Å². The van der Waals surface area contributed by atoms with E-state index in [0.29, 0.717) is 17.1 Å². The lowest BCUT2D eigenvalue weighted by atomic mass is 9.56. The maximum absolute atomic E-state index is 13.2. The van der Waals surface area contributed by atoms with Crippen LogP contribution in [0.15, 0.2) is 47.6 Å². The summed E-state index contributed by atoms with van der Waals surface area (Å²) >= 11 is 5.99. The van der Waals surface area contributed by atoms with Crippen molar-refractivity contribution in [3.63, 3.8) is 0 Å². The highest BCUT2D eigenvalue weighted by Crippen LogP contribution is 2.51. The minimum atomic E-state index is -1.14. The maximum atomic E-state index is 13.2. The molecule has 0 N–H and O–H groups in total. The van der Waals surface area contributed by atoms with Gasteiger partial charge in [0.2, 0.25) is 5.91 Å². The molecule has 1 aromatic carbocycles. The minimum Gasteiger partial charge on any atom is -0.341 e. The number of rotatable bonds is 1. The lowest BCUT2D eigenvalue weighted by Crippen LogP contribution is -2.55. The molecule has 0 radical (unpaired) electrons. The molecule has 0 unspecified atom stereocenters. The highest BCUT2D eigenvalue weighted by Gasteiger charge is 2.56. The highest BCUT2D eigenvalue weighted by molar-refractivity contribution is 6.30. The number of fused-ring (bicyclic) bond motifs is 1. The molecule has 0 spiro atoms. The Morgan fingerprint density at radius 3 is 2.42 bits per heavy atom. The van der Waals surface area contributed by atoms with Crippen molar-refractivity contribution in [1.29, 1.82) is 5.26 Å². The molecule has 0 saturated carbocycles. The van der Waals surface area contributed by atoms with E-state index >= 15 is 0 Å². The number of hydrogen-bond acceptors (Lipinski definition) is 3. The summed E-state index contributed by atoms with van der Waals surface area (Å²) in [4.78, 5) is 27.5. The molecule has 0 saturated heterocycles. The van der Waals surface area contributed by atoms with Gasteiger partial charge in [0.05, 0.1) is 11.0 Å². The van der Waals surface area contributed by atoms with Crippen molar-refractivity contribution in [2.75, 3.05) is 13.6 Å². The fourth-order valence-corrected chi connectivity index (χ4v) is 3.80. The molecule has 1 heterocycles. The quantitative estimate of drug-likeness (QED) is 0.738. The molecule has 0 fully saturated rings. The number of nitriles is 1.